The molecule has 0 saturated carbocycles. The van der Waals surface area contributed by atoms with Gasteiger partial charge in [0.2, 0.25) is 5.96 Å². The number of aryl methyl sites for hydroxylation is 1. The zero-order valence-electron chi connectivity index (χ0n) is 21.0. The standard InChI is InChI=1S/C18H15F3N6O2.2C2HF3O2/c1-11-2-3-12(18(19,20)21)10-15(11)16(28)27(17(22)23)29-14-6-4-13(5-7-14)26-9-8-24-25-26;2*3-2(4,5)1(6)7/h2-10H,1H3,(H3,22,23);2*(H,6,7). The van der Waals surface area contributed by atoms with Crippen molar-refractivity contribution in [2.45, 2.75) is 25.5 Å². The second-order valence-corrected chi connectivity index (χ2v) is 7.55. The van der Waals surface area contributed by atoms with E-state index < -0.39 is 47.9 Å². The lowest BCUT2D eigenvalue weighted by molar-refractivity contribution is -0.193. The maximum atomic E-state index is 13.0. The fourth-order valence-corrected chi connectivity index (χ4v) is 2.45. The van der Waals surface area contributed by atoms with Crippen molar-refractivity contribution < 1.29 is 68.9 Å². The molecule has 1 heterocycles. The molecule has 0 aliphatic heterocycles. The normalized spacial score (nSPS) is 11.2. The number of hydrogen-bond donors (Lipinski definition) is 4. The third kappa shape index (κ3) is 11.2. The van der Waals surface area contributed by atoms with Crippen LogP contribution in [0.4, 0.5) is 39.5 Å². The van der Waals surface area contributed by atoms with Crippen LogP contribution in [-0.2, 0) is 15.8 Å². The summed E-state index contributed by atoms with van der Waals surface area (Å²) in [6, 6.07) is 8.93. The van der Waals surface area contributed by atoms with Crippen LogP contribution in [0.3, 0.4) is 0 Å². The van der Waals surface area contributed by atoms with Crippen molar-refractivity contribution in [3.63, 3.8) is 0 Å². The second-order valence-electron chi connectivity index (χ2n) is 7.55. The van der Waals surface area contributed by atoms with Crippen LogP contribution in [0.15, 0.2) is 54.9 Å². The first-order valence-electron chi connectivity index (χ1n) is 10.7. The Bertz CT molecular complexity index is 1400. The van der Waals surface area contributed by atoms with Crippen molar-refractivity contribution in [3.8, 4) is 11.4 Å². The Morgan fingerprint density at radius 2 is 1.40 bits per heavy atom. The minimum Gasteiger partial charge on any atom is -0.475 e. The molecule has 0 fully saturated rings. The molecule has 234 valence electrons. The lowest BCUT2D eigenvalue weighted by Crippen LogP contribution is -2.44. The van der Waals surface area contributed by atoms with Gasteiger partial charge in [0.15, 0.2) is 5.75 Å². The Labute approximate surface area is 233 Å². The van der Waals surface area contributed by atoms with Crippen molar-refractivity contribution >= 4 is 23.8 Å². The van der Waals surface area contributed by atoms with E-state index in [9.17, 15) is 44.3 Å². The number of carboxylic acids is 2. The molecule has 0 aliphatic rings. The molecule has 0 spiro atoms. The smallest absolute Gasteiger partial charge is 0.475 e. The number of rotatable bonds is 4. The zero-order valence-corrected chi connectivity index (χ0v) is 21.0. The number of carboxylic acid groups (broad SMARTS) is 2. The Hall–Kier alpha value is -5.37. The minimum absolute atomic E-state index is 0.141. The summed E-state index contributed by atoms with van der Waals surface area (Å²) < 4.78 is 104. The second kappa shape index (κ2) is 14.0. The number of aliphatic carboxylic acids is 2. The van der Waals surface area contributed by atoms with E-state index in [1.807, 2.05) is 0 Å². The van der Waals surface area contributed by atoms with Gasteiger partial charge in [0.1, 0.15) is 0 Å². The van der Waals surface area contributed by atoms with Crippen LogP contribution in [0.25, 0.3) is 5.69 Å². The molecule has 0 aliphatic carbocycles. The Kier molecular flexibility index (Phi) is 11.6. The van der Waals surface area contributed by atoms with Crippen LogP contribution >= 0.6 is 0 Å². The van der Waals surface area contributed by atoms with Gasteiger partial charge in [0.05, 0.1) is 23.6 Å². The Balaban J connectivity index is 0.000000548. The van der Waals surface area contributed by atoms with Gasteiger partial charge in [-0.2, -0.15) is 39.5 Å². The fourth-order valence-electron chi connectivity index (χ4n) is 2.45. The van der Waals surface area contributed by atoms with Crippen LogP contribution in [-0.4, -0.2) is 66.4 Å². The number of carbonyl (C=O) groups excluding carboxylic acids is 1. The topological polar surface area (TPSA) is 185 Å². The quantitative estimate of drug-likeness (QED) is 0.142. The SMILES string of the molecule is Cc1ccc(C(F)(F)F)cc1C(=O)N(Oc1ccc(-n2ccnn2)cc1)C(=N)N.O=C(O)C(F)(F)F.O=C(O)C(F)(F)F. The molecule has 0 atom stereocenters. The number of halogens is 9. The van der Waals surface area contributed by atoms with Gasteiger partial charge in [-0.1, -0.05) is 11.3 Å². The average Bonchev–Trinajstić information content (AvgIpc) is 3.41. The molecular formula is C22H17F9N6O6. The summed E-state index contributed by atoms with van der Waals surface area (Å²) in [6.07, 6.45) is -11.7. The average molecular weight is 632 g/mol. The number of alkyl halides is 9. The maximum absolute atomic E-state index is 13.0. The molecule has 12 nitrogen and oxygen atoms in total. The van der Waals surface area contributed by atoms with Gasteiger partial charge < -0.3 is 20.8 Å². The highest BCUT2D eigenvalue weighted by Crippen LogP contribution is 2.31. The molecular weight excluding hydrogens is 615 g/mol. The van der Waals surface area contributed by atoms with E-state index in [0.29, 0.717) is 16.8 Å². The number of guanidine groups is 1. The molecule has 0 bridgehead atoms. The summed E-state index contributed by atoms with van der Waals surface area (Å²) in [5, 5.41) is 29.8. The zero-order chi connectivity index (χ0) is 33.3. The molecule has 0 unspecified atom stereocenters. The number of hydrogen-bond acceptors (Lipinski definition) is 7. The van der Waals surface area contributed by atoms with Crippen molar-refractivity contribution in [1.29, 1.82) is 5.41 Å². The highest BCUT2D eigenvalue weighted by atomic mass is 19.4. The number of hydroxylamine groups is 2. The molecule has 0 saturated heterocycles. The third-order valence-electron chi connectivity index (χ3n) is 4.40. The molecule has 5 N–H and O–H groups in total. The van der Waals surface area contributed by atoms with Crippen LogP contribution in [0.5, 0.6) is 5.75 Å². The van der Waals surface area contributed by atoms with E-state index in [1.54, 1.807) is 18.3 Å². The van der Waals surface area contributed by atoms with Crippen LogP contribution < -0.4 is 10.6 Å². The number of nitrogens with one attached hydrogen (secondary N) is 1. The molecule has 2 aromatic carbocycles. The van der Waals surface area contributed by atoms with Gasteiger partial charge in [0.25, 0.3) is 5.91 Å². The summed E-state index contributed by atoms with van der Waals surface area (Å²) in [6.45, 7) is 1.47. The fraction of sp³-hybridized carbons (Fsp3) is 0.182. The first-order valence-corrected chi connectivity index (χ1v) is 10.7. The summed E-state index contributed by atoms with van der Waals surface area (Å²) in [5.41, 5.74) is 5.08. The Morgan fingerprint density at radius 3 is 1.77 bits per heavy atom. The summed E-state index contributed by atoms with van der Waals surface area (Å²) in [7, 11) is 0. The van der Waals surface area contributed by atoms with E-state index in [4.69, 9.17) is 35.8 Å². The number of nitrogens with zero attached hydrogens (tertiary/aromatic N) is 4. The monoisotopic (exact) mass is 632 g/mol. The number of aromatic nitrogens is 3. The number of nitrogens with two attached hydrogens (primary N) is 1. The molecule has 43 heavy (non-hydrogen) atoms. The van der Waals surface area contributed by atoms with E-state index in [2.05, 4.69) is 10.3 Å². The molecule has 3 aromatic rings. The lowest BCUT2D eigenvalue weighted by Gasteiger charge is -2.21. The highest BCUT2D eigenvalue weighted by molar-refractivity contribution is 6.04. The largest absolute Gasteiger partial charge is 0.490 e. The number of benzene rings is 2. The molecule has 21 heteroatoms. The number of carbonyl (C=O) groups is 3. The summed E-state index contributed by atoms with van der Waals surface area (Å²) in [4.78, 5) is 35.9. The van der Waals surface area contributed by atoms with E-state index in [0.717, 1.165) is 6.07 Å². The van der Waals surface area contributed by atoms with Crippen LogP contribution in [0.2, 0.25) is 0 Å². The van der Waals surface area contributed by atoms with Crippen molar-refractivity contribution in [2.24, 2.45) is 5.73 Å². The third-order valence-corrected chi connectivity index (χ3v) is 4.40. The van der Waals surface area contributed by atoms with Crippen molar-refractivity contribution in [3.05, 3.63) is 71.5 Å². The number of amides is 1. The summed E-state index contributed by atoms with van der Waals surface area (Å²) in [5.74, 6) is -7.16. The molecule has 0 radical (unpaired) electrons. The van der Waals surface area contributed by atoms with Crippen molar-refractivity contribution in [1.82, 2.24) is 20.1 Å². The van der Waals surface area contributed by atoms with Gasteiger partial charge in [-0.3, -0.25) is 10.2 Å². The predicted molar refractivity (Wildman–Crippen MR) is 124 cm³/mol. The van der Waals surface area contributed by atoms with Gasteiger partial charge in [-0.25, -0.2) is 14.3 Å². The minimum atomic E-state index is -5.08. The first kappa shape index (κ1) is 35.7. The van der Waals surface area contributed by atoms with E-state index in [-0.39, 0.29) is 16.9 Å². The Morgan fingerprint density at radius 1 is 0.907 bits per heavy atom. The van der Waals surface area contributed by atoms with Crippen LogP contribution in [0.1, 0.15) is 21.5 Å². The van der Waals surface area contributed by atoms with Gasteiger partial charge in [-0.05, 0) is 48.9 Å². The van der Waals surface area contributed by atoms with Gasteiger partial charge in [0, 0.05) is 5.56 Å². The molecule has 1 amide bonds. The van der Waals surface area contributed by atoms with E-state index in [1.165, 1.54) is 36.0 Å². The van der Waals surface area contributed by atoms with Crippen LogP contribution in [0, 0.1) is 12.3 Å². The van der Waals surface area contributed by atoms with E-state index >= 15 is 0 Å². The maximum Gasteiger partial charge on any atom is 0.490 e. The summed E-state index contributed by atoms with van der Waals surface area (Å²) >= 11 is 0. The predicted octanol–water partition coefficient (Wildman–Crippen LogP) is 4.19. The first-order chi connectivity index (χ1) is 19.6. The lowest BCUT2D eigenvalue weighted by atomic mass is 10.0. The van der Waals surface area contributed by atoms with Gasteiger partial charge in [-0.15, -0.1) is 10.2 Å². The van der Waals surface area contributed by atoms with Crippen molar-refractivity contribution in [2.75, 3.05) is 0 Å². The molecule has 3 rings (SSSR count). The van der Waals surface area contributed by atoms with Gasteiger partial charge >= 0.3 is 30.5 Å². The highest BCUT2D eigenvalue weighted by Gasteiger charge is 2.39. The molecule has 1 aromatic heterocycles.